The van der Waals surface area contributed by atoms with Crippen molar-refractivity contribution < 1.29 is 19.2 Å². The van der Waals surface area contributed by atoms with E-state index in [-0.39, 0.29) is 17.6 Å². The summed E-state index contributed by atoms with van der Waals surface area (Å²) < 4.78 is 5.33. The zero-order valence-corrected chi connectivity index (χ0v) is 14.2. The molecule has 1 fully saturated rings. The van der Waals surface area contributed by atoms with E-state index < -0.39 is 11.9 Å². The molecule has 2 atom stereocenters. The van der Waals surface area contributed by atoms with Gasteiger partial charge in [0, 0.05) is 24.2 Å². The molecule has 2 heterocycles. The van der Waals surface area contributed by atoms with Crippen LogP contribution in [-0.4, -0.2) is 39.6 Å². The van der Waals surface area contributed by atoms with E-state index in [1.807, 2.05) is 30.3 Å². The molecule has 1 aliphatic heterocycles. The predicted octanol–water partition coefficient (Wildman–Crippen LogP) is 3.45. The van der Waals surface area contributed by atoms with Gasteiger partial charge in [0.25, 0.3) is 5.91 Å². The summed E-state index contributed by atoms with van der Waals surface area (Å²) in [6.45, 7) is 2.31. The number of aliphatic carboxylic acids is 1. The van der Waals surface area contributed by atoms with Gasteiger partial charge in [0.15, 0.2) is 11.5 Å². The molecule has 2 unspecified atom stereocenters. The molecule has 1 saturated heterocycles. The van der Waals surface area contributed by atoms with E-state index in [2.05, 4.69) is 5.16 Å². The Morgan fingerprint density at radius 1 is 1.32 bits per heavy atom. The summed E-state index contributed by atoms with van der Waals surface area (Å²) in [5, 5.41) is 13.1. The first-order chi connectivity index (χ1) is 12.1. The zero-order chi connectivity index (χ0) is 17.8. The minimum atomic E-state index is -0.828. The van der Waals surface area contributed by atoms with Crippen molar-refractivity contribution in [2.75, 3.05) is 6.54 Å². The molecule has 1 aromatic carbocycles. The zero-order valence-electron chi connectivity index (χ0n) is 14.2. The third kappa shape index (κ3) is 3.90. The van der Waals surface area contributed by atoms with Gasteiger partial charge in [-0.2, -0.15) is 0 Å². The second-order valence-corrected chi connectivity index (χ2v) is 6.57. The van der Waals surface area contributed by atoms with Crippen LogP contribution >= 0.6 is 0 Å². The first-order valence-electron chi connectivity index (χ1n) is 8.62. The molecular weight excluding hydrogens is 320 g/mol. The van der Waals surface area contributed by atoms with E-state index in [0.717, 1.165) is 24.8 Å². The van der Waals surface area contributed by atoms with Crippen molar-refractivity contribution in [2.24, 2.45) is 5.92 Å². The number of amides is 1. The molecule has 1 aliphatic rings. The van der Waals surface area contributed by atoms with Gasteiger partial charge in [0.1, 0.15) is 0 Å². The van der Waals surface area contributed by atoms with Crippen molar-refractivity contribution in [3.05, 3.63) is 42.1 Å². The van der Waals surface area contributed by atoms with Crippen LogP contribution in [0.4, 0.5) is 0 Å². The lowest BCUT2D eigenvalue weighted by Crippen LogP contribution is -2.45. The summed E-state index contributed by atoms with van der Waals surface area (Å²) in [7, 11) is 0. The Kier molecular flexibility index (Phi) is 5.16. The summed E-state index contributed by atoms with van der Waals surface area (Å²) in [6.07, 6.45) is 3.22. The van der Waals surface area contributed by atoms with Crippen molar-refractivity contribution in [3.63, 3.8) is 0 Å². The van der Waals surface area contributed by atoms with E-state index in [1.54, 1.807) is 17.9 Å². The Hall–Kier alpha value is -2.63. The third-order valence-corrected chi connectivity index (χ3v) is 4.72. The van der Waals surface area contributed by atoms with Gasteiger partial charge in [-0.15, -0.1) is 0 Å². The molecule has 2 aromatic rings. The number of aromatic nitrogens is 1. The number of rotatable bonds is 5. The molecule has 0 aliphatic carbocycles. The first-order valence-corrected chi connectivity index (χ1v) is 8.62. The van der Waals surface area contributed by atoms with Crippen molar-refractivity contribution in [2.45, 2.75) is 38.6 Å². The van der Waals surface area contributed by atoms with Crippen molar-refractivity contribution in [1.29, 1.82) is 0 Å². The normalized spacial score (nSPS) is 18.8. The van der Waals surface area contributed by atoms with Crippen LogP contribution in [0.2, 0.25) is 0 Å². The fraction of sp³-hybridized carbons (Fsp3) is 0.421. The first kappa shape index (κ1) is 17.2. The van der Waals surface area contributed by atoms with E-state index >= 15 is 0 Å². The molecular formula is C19H22N2O4. The number of piperidine rings is 1. The fourth-order valence-corrected chi connectivity index (χ4v) is 3.28. The Morgan fingerprint density at radius 2 is 2.08 bits per heavy atom. The molecule has 1 amide bonds. The Morgan fingerprint density at radius 3 is 2.80 bits per heavy atom. The molecule has 0 spiro atoms. The number of carboxylic acids is 1. The number of hydrogen-bond donors (Lipinski definition) is 1. The van der Waals surface area contributed by atoms with Gasteiger partial charge in [0.2, 0.25) is 0 Å². The van der Waals surface area contributed by atoms with Gasteiger partial charge in [-0.3, -0.25) is 9.59 Å². The molecule has 1 N–H and O–H groups in total. The lowest BCUT2D eigenvalue weighted by atomic mass is 9.93. The number of carbonyl (C=O) groups excluding carboxylic acids is 1. The lowest BCUT2D eigenvalue weighted by molar-refractivity contribution is -0.141. The van der Waals surface area contributed by atoms with Gasteiger partial charge >= 0.3 is 5.97 Å². The van der Waals surface area contributed by atoms with Gasteiger partial charge < -0.3 is 14.5 Å². The number of carbonyl (C=O) groups is 2. The number of benzene rings is 1. The molecule has 1 aromatic heterocycles. The maximum Gasteiger partial charge on any atom is 0.306 e. The molecule has 132 valence electrons. The van der Waals surface area contributed by atoms with Gasteiger partial charge in [-0.1, -0.05) is 42.4 Å². The fourth-order valence-electron chi connectivity index (χ4n) is 3.28. The van der Waals surface area contributed by atoms with Crippen molar-refractivity contribution in [3.8, 4) is 11.3 Å². The summed E-state index contributed by atoms with van der Waals surface area (Å²) >= 11 is 0. The molecule has 6 nitrogen and oxygen atoms in total. The minimum Gasteiger partial charge on any atom is -0.481 e. The van der Waals surface area contributed by atoms with Gasteiger partial charge in [-0.05, 0) is 25.7 Å². The van der Waals surface area contributed by atoms with E-state index in [4.69, 9.17) is 9.63 Å². The SMILES string of the molecule is CC(CC1CCCCN1C(=O)c1cc(-c2ccccc2)on1)C(=O)O. The minimum absolute atomic E-state index is 0.0655. The van der Waals surface area contributed by atoms with Crippen LogP contribution in [-0.2, 0) is 4.79 Å². The summed E-state index contributed by atoms with van der Waals surface area (Å²) in [6, 6.07) is 11.1. The van der Waals surface area contributed by atoms with Crippen molar-refractivity contribution >= 4 is 11.9 Å². The average molecular weight is 342 g/mol. The van der Waals surface area contributed by atoms with E-state index in [9.17, 15) is 9.59 Å². The monoisotopic (exact) mass is 342 g/mol. The summed E-state index contributed by atoms with van der Waals surface area (Å²) in [5.41, 5.74) is 1.14. The molecule has 6 heteroatoms. The standard InChI is InChI=1S/C19H22N2O4/c1-13(19(23)24)11-15-9-5-6-10-21(15)18(22)16-12-17(25-20-16)14-7-3-2-4-8-14/h2-4,7-8,12-13,15H,5-6,9-11H2,1H3,(H,23,24). The second kappa shape index (κ2) is 7.51. The van der Waals surface area contributed by atoms with Crippen LogP contribution in [0.1, 0.15) is 43.1 Å². The Balaban J connectivity index is 1.76. The predicted molar refractivity (Wildman–Crippen MR) is 92.0 cm³/mol. The number of nitrogens with zero attached hydrogens (tertiary/aromatic N) is 2. The van der Waals surface area contributed by atoms with E-state index in [1.165, 1.54) is 0 Å². The molecule has 3 rings (SSSR count). The van der Waals surface area contributed by atoms with Crippen LogP contribution in [0.3, 0.4) is 0 Å². The molecule has 25 heavy (non-hydrogen) atoms. The van der Waals surface area contributed by atoms with E-state index in [0.29, 0.717) is 18.7 Å². The highest BCUT2D eigenvalue weighted by atomic mass is 16.5. The number of carboxylic acid groups (broad SMARTS) is 1. The van der Waals surface area contributed by atoms with Gasteiger partial charge in [0.05, 0.1) is 5.92 Å². The number of hydrogen-bond acceptors (Lipinski definition) is 4. The van der Waals surface area contributed by atoms with Crippen LogP contribution in [0.5, 0.6) is 0 Å². The summed E-state index contributed by atoms with van der Waals surface area (Å²) in [5.74, 6) is -0.939. The highest BCUT2D eigenvalue weighted by Gasteiger charge is 2.31. The topological polar surface area (TPSA) is 83.6 Å². The Labute approximate surface area is 146 Å². The van der Waals surface area contributed by atoms with Crippen LogP contribution in [0.15, 0.2) is 40.9 Å². The Bertz CT molecular complexity index is 741. The molecule has 0 radical (unpaired) electrons. The van der Waals surface area contributed by atoms with Crippen LogP contribution in [0, 0.1) is 5.92 Å². The number of likely N-dealkylation sites (tertiary alicyclic amines) is 1. The maximum atomic E-state index is 12.9. The quantitative estimate of drug-likeness (QED) is 0.900. The molecule has 0 saturated carbocycles. The highest BCUT2D eigenvalue weighted by Crippen LogP contribution is 2.26. The van der Waals surface area contributed by atoms with Crippen LogP contribution < -0.4 is 0 Å². The lowest BCUT2D eigenvalue weighted by Gasteiger charge is -2.36. The second-order valence-electron chi connectivity index (χ2n) is 6.57. The highest BCUT2D eigenvalue weighted by molar-refractivity contribution is 5.93. The van der Waals surface area contributed by atoms with Gasteiger partial charge in [-0.25, -0.2) is 0 Å². The smallest absolute Gasteiger partial charge is 0.306 e. The van der Waals surface area contributed by atoms with Crippen LogP contribution in [0.25, 0.3) is 11.3 Å². The average Bonchev–Trinajstić information content (AvgIpc) is 3.12. The largest absolute Gasteiger partial charge is 0.481 e. The molecule has 0 bridgehead atoms. The third-order valence-electron chi connectivity index (χ3n) is 4.72. The van der Waals surface area contributed by atoms with Crippen molar-refractivity contribution in [1.82, 2.24) is 10.1 Å². The maximum absolute atomic E-state index is 12.9. The summed E-state index contributed by atoms with van der Waals surface area (Å²) in [4.78, 5) is 25.8.